The van der Waals surface area contributed by atoms with Crippen LogP contribution in [-0.4, -0.2) is 24.7 Å². The van der Waals surface area contributed by atoms with Crippen LogP contribution in [0.2, 0.25) is 0 Å². The highest BCUT2D eigenvalue weighted by molar-refractivity contribution is 5.71. The maximum Gasteiger partial charge on any atom is 0.312 e. The molecule has 1 aliphatic heterocycles. The number of carbonyl (C=O) groups is 1. The van der Waals surface area contributed by atoms with Gasteiger partial charge in [0, 0.05) is 12.1 Å². The van der Waals surface area contributed by atoms with Crippen LogP contribution in [0.3, 0.4) is 0 Å². The molecule has 0 radical (unpaired) electrons. The molecule has 1 aliphatic rings. The Morgan fingerprint density at radius 1 is 1.73 bits per heavy atom. The number of piperidine rings is 1. The molecule has 2 amide bonds. The van der Waals surface area contributed by atoms with Gasteiger partial charge in [-0.25, -0.2) is 4.79 Å². The van der Waals surface area contributed by atoms with E-state index in [2.05, 4.69) is 17.6 Å². The highest BCUT2D eigenvalue weighted by Crippen LogP contribution is 2.07. The lowest BCUT2D eigenvalue weighted by atomic mass is 10.0. The first kappa shape index (κ1) is 8.33. The fourth-order valence-corrected chi connectivity index (χ4v) is 1.46. The molecule has 0 bridgehead atoms. The van der Waals surface area contributed by atoms with Crippen molar-refractivity contribution in [2.75, 3.05) is 6.54 Å². The van der Waals surface area contributed by atoms with Crippen LogP contribution in [0.15, 0.2) is 0 Å². The molecular formula is C7H15N3O. The highest BCUT2D eigenvalue weighted by atomic mass is 16.2. The average Bonchev–Trinajstić information content (AvgIpc) is 1.85. The minimum Gasteiger partial charge on any atom is -0.352 e. The molecule has 1 fully saturated rings. The van der Waals surface area contributed by atoms with E-state index in [0.717, 1.165) is 19.4 Å². The Balaban J connectivity index is 2.28. The van der Waals surface area contributed by atoms with Gasteiger partial charge >= 0.3 is 6.03 Å². The first-order valence-corrected chi connectivity index (χ1v) is 3.98. The molecule has 0 aromatic carbocycles. The summed E-state index contributed by atoms with van der Waals surface area (Å²) in [5, 5.41) is 6.00. The molecular weight excluding hydrogens is 142 g/mol. The second-order valence-electron chi connectivity index (χ2n) is 3.09. The van der Waals surface area contributed by atoms with Crippen LogP contribution < -0.4 is 16.4 Å². The number of hydrogen-bond acceptors (Lipinski definition) is 2. The predicted molar refractivity (Wildman–Crippen MR) is 43.2 cm³/mol. The van der Waals surface area contributed by atoms with Gasteiger partial charge in [0.1, 0.15) is 0 Å². The molecule has 2 atom stereocenters. The van der Waals surface area contributed by atoms with Crippen molar-refractivity contribution in [3.63, 3.8) is 0 Å². The van der Waals surface area contributed by atoms with E-state index in [9.17, 15) is 4.79 Å². The van der Waals surface area contributed by atoms with Gasteiger partial charge in [-0.2, -0.15) is 0 Å². The molecule has 2 unspecified atom stereocenters. The summed E-state index contributed by atoms with van der Waals surface area (Å²) >= 11 is 0. The van der Waals surface area contributed by atoms with E-state index in [4.69, 9.17) is 5.73 Å². The molecule has 4 nitrogen and oxygen atoms in total. The molecule has 1 rings (SSSR count). The monoisotopic (exact) mass is 157 g/mol. The van der Waals surface area contributed by atoms with E-state index in [1.807, 2.05) is 0 Å². The van der Waals surface area contributed by atoms with E-state index in [1.54, 1.807) is 0 Å². The molecule has 0 saturated carbocycles. The quantitative estimate of drug-likeness (QED) is 0.493. The maximum absolute atomic E-state index is 10.5. The lowest BCUT2D eigenvalue weighted by Gasteiger charge is -2.27. The molecule has 4 heteroatoms. The Morgan fingerprint density at radius 2 is 2.45 bits per heavy atom. The SMILES string of the molecule is CC1CC(NC(N)=O)CCN1. The smallest absolute Gasteiger partial charge is 0.312 e. The van der Waals surface area contributed by atoms with Crippen LogP contribution in [0.4, 0.5) is 4.79 Å². The molecule has 64 valence electrons. The highest BCUT2D eigenvalue weighted by Gasteiger charge is 2.18. The van der Waals surface area contributed by atoms with Gasteiger partial charge in [-0.1, -0.05) is 0 Å². The zero-order valence-corrected chi connectivity index (χ0v) is 6.76. The van der Waals surface area contributed by atoms with Crippen molar-refractivity contribution in [2.45, 2.75) is 31.8 Å². The normalized spacial score (nSPS) is 31.4. The van der Waals surface area contributed by atoms with Gasteiger partial charge in [-0.05, 0) is 26.3 Å². The summed E-state index contributed by atoms with van der Waals surface area (Å²) in [7, 11) is 0. The number of amides is 2. The molecule has 1 saturated heterocycles. The minimum atomic E-state index is -0.413. The Hall–Kier alpha value is -0.770. The van der Waals surface area contributed by atoms with Crippen LogP contribution in [0, 0.1) is 0 Å². The van der Waals surface area contributed by atoms with Crippen molar-refractivity contribution in [3.05, 3.63) is 0 Å². The fraction of sp³-hybridized carbons (Fsp3) is 0.857. The molecule has 1 heterocycles. The van der Waals surface area contributed by atoms with Crippen LogP contribution >= 0.6 is 0 Å². The Labute approximate surface area is 66.5 Å². The summed E-state index contributed by atoms with van der Waals surface area (Å²) in [5.41, 5.74) is 5.00. The third kappa shape index (κ3) is 2.76. The number of primary amides is 1. The first-order valence-electron chi connectivity index (χ1n) is 3.98. The standard InChI is InChI=1S/C7H15N3O/c1-5-4-6(2-3-9-5)10-7(8)11/h5-6,9H,2-4H2,1H3,(H3,8,10,11). The zero-order chi connectivity index (χ0) is 8.27. The predicted octanol–water partition coefficient (Wildman–Crippen LogP) is -0.205. The number of nitrogens with two attached hydrogens (primary N) is 1. The zero-order valence-electron chi connectivity index (χ0n) is 6.76. The average molecular weight is 157 g/mol. The number of nitrogens with one attached hydrogen (secondary N) is 2. The van der Waals surface area contributed by atoms with Gasteiger partial charge in [-0.15, -0.1) is 0 Å². The van der Waals surface area contributed by atoms with Crippen molar-refractivity contribution in [2.24, 2.45) is 5.73 Å². The summed E-state index contributed by atoms with van der Waals surface area (Å²) < 4.78 is 0. The molecule has 0 aromatic rings. The van der Waals surface area contributed by atoms with E-state index in [0.29, 0.717) is 6.04 Å². The van der Waals surface area contributed by atoms with Crippen LogP contribution in [0.5, 0.6) is 0 Å². The van der Waals surface area contributed by atoms with Gasteiger partial charge in [0.2, 0.25) is 0 Å². The van der Waals surface area contributed by atoms with Gasteiger partial charge in [0.25, 0.3) is 0 Å². The Bertz CT molecular complexity index is 149. The maximum atomic E-state index is 10.5. The van der Waals surface area contributed by atoms with Gasteiger partial charge in [0.05, 0.1) is 0 Å². The third-order valence-electron chi connectivity index (χ3n) is 1.97. The second-order valence-corrected chi connectivity index (χ2v) is 3.09. The summed E-state index contributed by atoms with van der Waals surface area (Å²) in [6, 6.07) is 0.341. The summed E-state index contributed by atoms with van der Waals surface area (Å²) in [5.74, 6) is 0. The first-order chi connectivity index (χ1) is 5.18. The topological polar surface area (TPSA) is 67.1 Å². The third-order valence-corrected chi connectivity index (χ3v) is 1.97. The summed E-state index contributed by atoms with van der Waals surface area (Å²) in [6.07, 6.45) is 1.95. The Morgan fingerprint density at radius 3 is 3.00 bits per heavy atom. The lowest BCUT2D eigenvalue weighted by molar-refractivity contribution is 0.239. The molecule has 11 heavy (non-hydrogen) atoms. The van der Waals surface area contributed by atoms with E-state index in [-0.39, 0.29) is 6.04 Å². The van der Waals surface area contributed by atoms with Crippen LogP contribution in [-0.2, 0) is 0 Å². The largest absolute Gasteiger partial charge is 0.352 e. The van der Waals surface area contributed by atoms with Crippen LogP contribution in [0.25, 0.3) is 0 Å². The number of urea groups is 1. The summed E-state index contributed by atoms with van der Waals surface area (Å²) in [4.78, 5) is 10.5. The number of carbonyl (C=O) groups excluding carboxylic acids is 1. The molecule has 0 aromatic heterocycles. The van der Waals surface area contributed by atoms with Gasteiger partial charge in [0.15, 0.2) is 0 Å². The Kier molecular flexibility index (Phi) is 2.70. The minimum absolute atomic E-state index is 0.267. The number of hydrogen-bond donors (Lipinski definition) is 3. The van der Waals surface area contributed by atoms with Crippen LogP contribution in [0.1, 0.15) is 19.8 Å². The molecule has 0 aliphatic carbocycles. The second kappa shape index (κ2) is 3.57. The molecule has 4 N–H and O–H groups in total. The van der Waals surface area contributed by atoms with Gasteiger partial charge < -0.3 is 16.4 Å². The number of rotatable bonds is 1. The van der Waals surface area contributed by atoms with Crippen molar-refractivity contribution >= 4 is 6.03 Å². The van der Waals surface area contributed by atoms with E-state index >= 15 is 0 Å². The van der Waals surface area contributed by atoms with Crippen molar-refractivity contribution in [1.82, 2.24) is 10.6 Å². The lowest BCUT2D eigenvalue weighted by Crippen LogP contribution is -2.48. The van der Waals surface area contributed by atoms with Crippen molar-refractivity contribution < 1.29 is 4.79 Å². The van der Waals surface area contributed by atoms with Gasteiger partial charge in [-0.3, -0.25) is 0 Å². The fourth-order valence-electron chi connectivity index (χ4n) is 1.46. The van der Waals surface area contributed by atoms with Crippen molar-refractivity contribution in [3.8, 4) is 0 Å². The summed E-state index contributed by atoms with van der Waals surface area (Å²) in [6.45, 7) is 3.07. The van der Waals surface area contributed by atoms with E-state index < -0.39 is 6.03 Å². The van der Waals surface area contributed by atoms with E-state index in [1.165, 1.54) is 0 Å². The molecule has 0 spiro atoms. The van der Waals surface area contributed by atoms with Crippen molar-refractivity contribution in [1.29, 1.82) is 0 Å².